The van der Waals surface area contributed by atoms with Crippen LogP contribution < -0.4 is 10.1 Å². The fourth-order valence-corrected chi connectivity index (χ4v) is 1.54. The van der Waals surface area contributed by atoms with E-state index in [2.05, 4.69) is 17.0 Å². The van der Waals surface area contributed by atoms with Crippen molar-refractivity contribution in [3.63, 3.8) is 0 Å². The number of benzene rings is 1. The quantitative estimate of drug-likeness (QED) is 0.750. The fourth-order valence-electron chi connectivity index (χ4n) is 1.54. The Balaban J connectivity index is 2.53. The fraction of sp³-hybridized carbons (Fsp3) is 0.429. The molecule has 0 unspecified atom stereocenters. The first kappa shape index (κ1) is 14.6. The second kappa shape index (κ2) is 7.82. The number of rotatable bonds is 7. The van der Waals surface area contributed by atoms with Gasteiger partial charge in [0.05, 0.1) is 0 Å². The largest absolute Gasteiger partial charge is 0.435 e. The van der Waals surface area contributed by atoms with Crippen LogP contribution in [-0.4, -0.2) is 19.7 Å². The lowest BCUT2D eigenvalue weighted by Crippen LogP contribution is -2.16. The maximum Gasteiger partial charge on any atom is 0.387 e. The highest BCUT2D eigenvalue weighted by molar-refractivity contribution is 5.53. The summed E-state index contributed by atoms with van der Waals surface area (Å²) < 4.78 is 28.2. The molecule has 2 nitrogen and oxygen atoms in total. The molecule has 0 spiro atoms. The Labute approximate surface area is 107 Å². The molecular weight excluding hydrogens is 236 g/mol. The first-order valence-electron chi connectivity index (χ1n) is 6.04. The van der Waals surface area contributed by atoms with Crippen molar-refractivity contribution in [3.05, 3.63) is 35.4 Å². The lowest BCUT2D eigenvalue weighted by Gasteiger charge is -2.05. The minimum atomic E-state index is -2.77. The lowest BCUT2D eigenvalue weighted by molar-refractivity contribution is -0.0498. The predicted molar refractivity (Wildman–Crippen MR) is 69.9 cm³/mol. The summed E-state index contributed by atoms with van der Waals surface area (Å²) in [6, 6.07) is 6.62. The van der Waals surface area contributed by atoms with Gasteiger partial charge in [0.15, 0.2) is 0 Å². The standard InChI is InChI=1S/C14H19F2NO/c1-3-8-17-10-11(2)9-12-4-6-13(7-5-12)18-14(15)16/h4-7,9,14,17H,3,8,10H2,1-2H3. The molecule has 100 valence electrons. The van der Waals surface area contributed by atoms with Crippen molar-refractivity contribution in [1.29, 1.82) is 0 Å². The zero-order valence-electron chi connectivity index (χ0n) is 10.7. The van der Waals surface area contributed by atoms with Crippen LogP contribution in [0.15, 0.2) is 29.8 Å². The van der Waals surface area contributed by atoms with E-state index in [1.165, 1.54) is 5.57 Å². The highest BCUT2D eigenvalue weighted by Crippen LogP contribution is 2.16. The van der Waals surface area contributed by atoms with Crippen LogP contribution >= 0.6 is 0 Å². The summed E-state index contributed by atoms with van der Waals surface area (Å²) in [7, 11) is 0. The Morgan fingerprint density at radius 3 is 2.56 bits per heavy atom. The van der Waals surface area contributed by atoms with Crippen molar-refractivity contribution in [2.45, 2.75) is 26.9 Å². The SMILES string of the molecule is CCCNCC(C)=Cc1ccc(OC(F)F)cc1. The third kappa shape index (κ3) is 5.77. The molecule has 4 heteroatoms. The molecule has 1 aromatic rings. The first-order chi connectivity index (χ1) is 8.61. The Bertz CT molecular complexity index is 374. The van der Waals surface area contributed by atoms with Crippen LogP contribution in [0.1, 0.15) is 25.8 Å². The van der Waals surface area contributed by atoms with Gasteiger partial charge in [-0.15, -0.1) is 0 Å². The molecule has 18 heavy (non-hydrogen) atoms. The van der Waals surface area contributed by atoms with E-state index >= 15 is 0 Å². The summed E-state index contributed by atoms with van der Waals surface area (Å²) in [6.45, 7) is 3.21. The summed E-state index contributed by atoms with van der Waals surface area (Å²) in [5.41, 5.74) is 2.18. The van der Waals surface area contributed by atoms with Crippen molar-refractivity contribution in [1.82, 2.24) is 5.32 Å². The van der Waals surface area contributed by atoms with Gasteiger partial charge in [-0.25, -0.2) is 0 Å². The van der Waals surface area contributed by atoms with Gasteiger partial charge in [0.2, 0.25) is 0 Å². The van der Waals surface area contributed by atoms with Crippen LogP contribution in [0.25, 0.3) is 6.08 Å². The van der Waals surface area contributed by atoms with Crippen molar-refractivity contribution in [2.75, 3.05) is 13.1 Å². The first-order valence-corrected chi connectivity index (χ1v) is 6.04. The molecule has 0 saturated carbocycles. The number of hydrogen-bond donors (Lipinski definition) is 1. The molecule has 0 saturated heterocycles. The molecule has 1 N–H and O–H groups in total. The van der Waals surface area contributed by atoms with Crippen molar-refractivity contribution in [3.8, 4) is 5.75 Å². The topological polar surface area (TPSA) is 21.3 Å². The number of alkyl halides is 2. The summed E-state index contributed by atoms with van der Waals surface area (Å²) in [4.78, 5) is 0. The van der Waals surface area contributed by atoms with Gasteiger partial charge in [-0.1, -0.05) is 30.7 Å². The maximum absolute atomic E-state index is 12.0. The van der Waals surface area contributed by atoms with E-state index in [1.54, 1.807) is 24.3 Å². The van der Waals surface area contributed by atoms with E-state index < -0.39 is 6.61 Å². The molecule has 0 amide bonds. The third-order valence-corrected chi connectivity index (χ3v) is 2.35. The Kier molecular flexibility index (Phi) is 6.36. The number of hydrogen-bond acceptors (Lipinski definition) is 2. The Morgan fingerprint density at radius 2 is 2.00 bits per heavy atom. The molecule has 0 aliphatic rings. The molecule has 0 heterocycles. The van der Waals surface area contributed by atoms with E-state index in [0.29, 0.717) is 0 Å². The molecule has 1 rings (SSSR count). The van der Waals surface area contributed by atoms with Gasteiger partial charge in [0, 0.05) is 6.54 Å². The minimum Gasteiger partial charge on any atom is -0.435 e. The third-order valence-electron chi connectivity index (χ3n) is 2.35. The molecule has 0 aliphatic carbocycles. The molecule has 0 bridgehead atoms. The number of ether oxygens (including phenoxy) is 1. The van der Waals surface area contributed by atoms with Crippen molar-refractivity contribution >= 4 is 6.08 Å². The summed E-state index contributed by atoms with van der Waals surface area (Å²) in [5, 5.41) is 3.30. The van der Waals surface area contributed by atoms with E-state index in [1.807, 2.05) is 13.0 Å². The second-order valence-electron chi connectivity index (χ2n) is 4.12. The molecule has 0 aliphatic heterocycles. The molecule has 1 aromatic carbocycles. The van der Waals surface area contributed by atoms with Gasteiger partial charge in [-0.3, -0.25) is 0 Å². The Hall–Kier alpha value is -1.42. The molecule has 0 fully saturated rings. The van der Waals surface area contributed by atoms with Gasteiger partial charge < -0.3 is 10.1 Å². The van der Waals surface area contributed by atoms with Crippen molar-refractivity contribution in [2.24, 2.45) is 0 Å². The summed E-state index contributed by atoms with van der Waals surface area (Å²) in [6.07, 6.45) is 3.13. The van der Waals surface area contributed by atoms with E-state index in [0.717, 1.165) is 25.1 Å². The highest BCUT2D eigenvalue weighted by Gasteiger charge is 2.02. The summed E-state index contributed by atoms with van der Waals surface area (Å²) >= 11 is 0. The van der Waals surface area contributed by atoms with E-state index in [-0.39, 0.29) is 5.75 Å². The van der Waals surface area contributed by atoms with Gasteiger partial charge in [0.1, 0.15) is 5.75 Å². The van der Waals surface area contributed by atoms with Crippen LogP contribution in [0.4, 0.5) is 8.78 Å². The minimum absolute atomic E-state index is 0.184. The number of nitrogens with one attached hydrogen (secondary N) is 1. The van der Waals surface area contributed by atoms with E-state index in [9.17, 15) is 8.78 Å². The Morgan fingerprint density at radius 1 is 1.33 bits per heavy atom. The summed E-state index contributed by atoms with van der Waals surface area (Å²) in [5.74, 6) is 0.184. The van der Waals surface area contributed by atoms with Crippen LogP contribution in [0.3, 0.4) is 0 Å². The van der Waals surface area contributed by atoms with Crippen LogP contribution in [0, 0.1) is 0 Å². The van der Waals surface area contributed by atoms with Gasteiger partial charge in [0.25, 0.3) is 0 Å². The average molecular weight is 255 g/mol. The monoisotopic (exact) mass is 255 g/mol. The molecule has 0 radical (unpaired) electrons. The zero-order valence-corrected chi connectivity index (χ0v) is 10.7. The van der Waals surface area contributed by atoms with Crippen LogP contribution in [0.2, 0.25) is 0 Å². The van der Waals surface area contributed by atoms with Gasteiger partial charge >= 0.3 is 6.61 Å². The molecular formula is C14H19F2NO. The lowest BCUT2D eigenvalue weighted by atomic mass is 10.1. The van der Waals surface area contributed by atoms with Crippen LogP contribution in [-0.2, 0) is 0 Å². The normalized spacial score (nSPS) is 11.9. The van der Waals surface area contributed by atoms with Gasteiger partial charge in [-0.05, 0) is 37.6 Å². The average Bonchev–Trinajstić information content (AvgIpc) is 2.31. The predicted octanol–water partition coefficient (Wildman–Crippen LogP) is 3.69. The maximum atomic E-state index is 12.0. The molecule has 0 atom stereocenters. The highest BCUT2D eigenvalue weighted by atomic mass is 19.3. The van der Waals surface area contributed by atoms with Crippen LogP contribution in [0.5, 0.6) is 5.75 Å². The second-order valence-corrected chi connectivity index (χ2v) is 4.12. The van der Waals surface area contributed by atoms with Crippen molar-refractivity contribution < 1.29 is 13.5 Å². The molecule has 0 aromatic heterocycles. The zero-order chi connectivity index (χ0) is 13.4. The van der Waals surface area contributed by atoms with E-state index in [4.69, 9.17) is 0 Å². The van der Waals surface area contributed by atoms with Gasteiger partial charge in [-0.2, -0.15) is 8.78 Å². The smallest absolute Gasteiger partial charge is 0.387 e. The number of halogens is 2.